The maximum Gasteiger partial charge on any atom is 0.0540 e. The Labute approximate surface area is 322 Å². The molecule has 0 bridgehead atoms. The van der Waals surface area contributed by atoms with E-state index < -0.39 is 0 Å². The summed E-state index contributed by atoms with van der Waals surface area (Å²) in [5.74, 6) is 0. The Hall–Kier alpha value is -7.22. The topological polar surface area (TPSA) is 3.24 Å². The van der Waals surface area contributed by atoms with Gasteiger partial charge in [-0.25, -0.2) is 0 Å². The fourth-order valence-electron chi connectivity index (χ4n) is 8.07. The van der Waals surface area contributed by atoms with Gasteiger partial charge < -0.3 is 4.90 Å². The number of anilines is 3. The monoisotopic (exact) mass is 699 g/mol. The molecule has 0 saturated carbocycles. The van der Waals surface area contributed by atoms with Crippen LogP contribution in [0.25, 0.3) is 76.8 Å². The Balaban J connectivity index is 1.08. The molecule has 1 nitrogen and oxygen atoms in total. The molecular formula is C54H37N. The molecule has 0 N–H and O–H groups in total. The van der Waals surface area contributed by atoms with Crippen molar-refractivity contribution < 1.29 is 0 Å². The van der Waals surface area contributed by atoms with E-state index in [-0.39, 0.29) is 0 Å². The van der Waals surface area contributed by atoms with Crippen LogP contribution in [0.15, 0.2) is 224 Å². The molecule has 0 radical (unpaired) electrons. The second-order valence-corrected chi connectivity index (χ2v) is 14.1. The summed E-state index contributed by atoms with van der Waals surface area (Å²) in [5, 5.41) is 7.55. The molecule has 258 valence electrons. The number of fused-ring (bicyclic) bond motifs is 4. The van der Waals surface area contributed by atoms with E-state index in [2.05, 4.69) is 229 Å². The third kappa shape index (κ3) is 6.12. The second kappa shape index (κ2) is 14.0. The molecule has 0 unspecified atom stereocenters. The molecule has 1 heteroatoms. The van der Waals surface area contributed by atoms with E-state index in [1.807, 2.05) is 0 Å². The summed E-state index contributed by atoms with van der Waals surface area (Å²) in [6, 6.07) is 81.4. The average molecular weight is 700 g/mol. The molecule has 0 saturated heterocycles. The third-order valence-corrected chi connectivity index (χ3v) is 10.9. The number of rotatable bonds is 7. The maximum atomic E-state index is 2.40. The Morgan fingerprint density at radius 2 is 0.709 bits per heavy atom. The molecule has 0 amide bonds. The molecule has 0 aliphatic rings. The highest BCUT2D eigenvalue weighted by Gasteiger charge is 2.18. The lowest BCUT2D eigenvalue weighted by Gasteiger charge is -2.28. The van der Waals surface area contributed by atoms with Gasteiger partial charge in [-0.15, -0.1) is 0 Å². The molecule has 0 aliphatic carbocycles. The Morgan fingerprint density at radius 3 is 1.40 bits per heavy atom. The summed E-state index contributed by atoms with van der Waals surface area (Å²) in [5.41, 5.74) is 13.0. The van der Waals surface area contributed by atoms with Crippen LogP contribution in [0.3, 0.4) is 0 Å². The lowest BCUT2D eigenvalue weighted by molar-refractivity contribution is 1.28. The largest absolute Gasteiger partial charge is 0.310 e. The van der Waals surface area contributed by atoms with Crippen molar-refractivity contribution in [2.75, 3.05) is 4.90 Å². The van der Waals surface area contributed by atoms with Crippen LogP contribution in [-0.2, 0) is 0 Å². The van der Waals surface area contributed by atoms with E-state index in [0.717, 1.165) is 17.1 Å². The first-order valence-electron chi connectivity index (χ1n) is 18.9. The molecular weight excluding hydrogens is 663 g/mol. The van der Waals surface area contributed by atoms with Crippen LogP contribution in [0, 0.1) is 0 Å². The van der Waals surface area contributed by atoms with Crippen molar-refractivity contribution in [2.24, 2.45) is 0 Å². The van der Waals surface area contributed by atoms with Gasteiger partial charge in [-0.3, -0.25) is 0 Å². The minimum absolute atomic E-state index is 1.10. The standard InChI is InChI=1S/C54H37N/c1-2-12-38(13-3-1)40-22-24-41(25-23-40)42-28-32-47(33-29-42)55(54-21-11-10-18-50(54)46-27-26-39-14-4-5-15-44(39)36-46)48-34-30-43(31-35-48)53-37-45-16-6-7-17-49(45)51-19-8-9-20-52(51)53/h1-37H. The lowest BCUT2D eigenvalue weighted by atomic mass is 9.93. The number of hydrogen-bond donors (Lipinski definition) is 0. The fourth-order valence-corrected chi connectivity index (χ4v) is 8.07. The molecule has 0 spiro atoms. The fraction of sp³-hybridized carbons (Fsp3) is 0. The van der Waals surface area contributed by atoms with Crippen LogP contribution in [0.5, 0.6) is 0 Å². The summed E-state index contributed by atoms with van der Waals surface area (Å²) < 4.78 is 0. The number of nitrogens with zero attached hydrogens (tertiary/aromatic N) is 1. The van der Waals surface area contributed by atoms with Crippen LogP contribution in [-0.4, -0.2) is 0 Å². The minimum Gasteiger partial charge on any atom is -0.310 e. The van der Waals surface area contributed by atoms with Gasteiger partial charge in [0.25, 0.3) is 0 Å². The van der Waals surface area contributed by atoms with Gasteiger partial charge in [0.1, 0.15) is 0 Å². The zero-order valence-electron chi connectivity index (χ0n) is 30.3. The van der Waals surface area contributed by atoms with E-state index >= 15 is 0 Å². The van der Waals surface area contributed by atoms with Crippen LogP contribution < -0.4 is 4.90 Å². The van der Waals surface area contributed by atoms with Crippen molar-refractivity contribution in [1.29, 1.82) is 0 Å². The highest BCUT2D eigenvalue weighted by atomic mass is 15.1. The summed E-state index contributed by atoms with van der Waals surface area (Å²) in [6.45, 7) is 0. The van der Waals surface area contributed by atoms with E-state index in [0.29, 0.717) is 0 Å². The molecule has 10 aromatic carbocycles. The predicted molar refractivity (Wildman–Crippen MR) is 235 cm³/mol. The molecule has 0 fully saturated rings. The summed E-state index contributed by atoms with van der Waals surface area (Å²) >= 11 is 0. The third-order valence-electron chi connectivity index (χ3n) is 10.9. The van der Waals surface area contributed by atoms with Crippen molar-refractivity contribution >= 4 is 49.4 Å². The summed E-state index contributed by atoms with van der Waals surface area (Å²) in [7, 11) is 0. The highest BCUT2D eigenvalue weighted by Crippen LogP contribution is 2.43. The van der Waals surface area contributed by atoms with Crippen LogP contribution in [0.4, 0.5) is 17.1 Å². The van der Waals surface area contributed by atoms with Gasteiger partial charge in [0.05, 0.1) is 5.69 Å². The molecule has 10 rings (SSSR count). The quantitative estimate of drug-likeness (QED) is 0.150. The second-order valence-electron chi connectivity index (χ2n) is 14.1. The zero-order valence-corrected chi connectivity index (χ0v) is 30.3. The SMILES string of the molecule is c1ccc(-c2ccc(-c3ccc(N(c4ccc(-c5cc6ccccc6c6ccccc56)cc4)c4ccccc4-c4ccc5ccccc5c4)cc3)cc2)cc1. The highest BCUT2D eigenvalue weighted by molar-refractivity contribution is 6.13. The lowest BCUT2D eigenvalue weighted by Crippen LogP contribution is -2.11. The van der Waals surface area contributed by atoms with Gasteiger partial charge in [0, 0.05) is 16.9 Å². The Bertz CT molecular complexity index is 2940. The van der Waals surface area contributed by atoms with Crippen molar-refractivity contribution in [1.82, 2.24) is 0 Å². The van der Waals surface area contributed by atoms with E-state index in [4.69, 9.17) is 0 Å². The normalized spacial score (nSPS) is 11.3. The number of hydrogen-bond acceptors (Lipinski definition) is 1. The van der Waals surface area contributed by atoms with Crippen LogP contribution in [0.2, 0.25) is 0 Å². The van der Waals surface area contributed by atoms with Gasteiger partial charge in [-0.2, -0.15) is 0 Å². The first kappa shape index (κ1) is 32.4. The molecule has 0 heterocycles. The predicted octanol–water partition coefficient (Wildman–Crippen LogP) is 15.3. The van der Waals surface area contributed by atoms with E-state index in [1.54, 1.807) is 0 Å². The first-order valence-corrected chi connectivity index (χ1v) is 18.9. The van der Waals surface area contributed by atoms with Crippen LogP contribution in [0.1, 0.15) is 0 Å². The van der Waals surface area contributed by atoms with Gasteiger partial charge in [-0.05, 0) is 114 Å². The van der Waals surface area contributed by atoms with Gasteiger partial charge >= 0.3 is 0 Å². The van der Waals surface area contributed by atoms with Crippen molar-refractivity contribution in [3.63, 3.8) is 0 Å². The molecule has 10 aromatic rings. The minimum atomic E-state index is 1.10. The first-order chi connectivity index (χ1) is 27.3. The summed E-state index contributed by atoms with van der Waals surface area (Å²) in [4.78, 5) is 2.40. The maximum absolute atomic E-state index is 2.40. The van der Waals surface area contributed by atoms with Gasteiger partial charge in [-0.1, -0.05) is 182 Å². The smallest absolute Gasteiger partial charge is 0.0540 e. The van der Waals surface area contributed by atoms with Crippen molar-refractivity contribution in [3.05, 3.63) is 224 Å². The van der Waals surface area contributed by atoms with Crippen molar-refractivity contribution in [2.45, 2.75) is 0 Å². The van der Waals surface area contributed by atoms with Gasteiger partial charge in [0.15, 0.2) is 0 Å². The average Bonchev–Trinajstić information content (AvgIpc) is 3.27. The Morgan fingerprint density at radius 1 is 0.236 bits per heavy atom. The molecule has 0 atom stereocenters. The molecule has 0 aliphatic heterocycles. The van der Waals surface area contributed by atoms with Crippen molar-refractivity contribution in [3.8, 4) is 44.5 Å². The zero-order chi connectivity index (χ0) is 36.6. The van der Waals surface area contributed by atoms with E-state index in [9.17, 15) is 0 Å². The Kier molecular flexibility index (Phi) is 8.24. The van der Waals surface area contributed by atoms with Gasteiger partial charge in [0.2, 0.25) is 0 Å². The summed E-state index contributed by atoms with van der Waals surface area (Å²) in [6.07, 6.45) is 0. The molecule has 0 aromatic heterocycles. The number of benzene rings is 10. The number of para-hydroxylation sites is 1. The van der Waals surface area contributed by atoms with Crippen LogP contribution >= 0.6 is 0 Å². The molecule has 55 heavy (non-hydrogen) atoms. The van der Waals surface area contributed by atoms with E-state index in [1.165, 1.54) is 76.8 Å².